The highest BCUT2D eigenvalue weighted by Crippen LogP contribution is 2.14. The van der Waals surface area contributed by atoms with E-state index in [1.54, 1.807) is 6.08 Å². The number of rotatable bonds is 8. The molecule has 1 aromatic carbocycles. The Morgan fingerprint density at radius 3 is 2.90 bits per heavy atom. The molecule has 1 rings (SSSR count). The summed E-state index contributed by atoms with van der Waals surface area (Å²) in [5, 5.41) is 11.1. The minimum absolute atomic E-state index is 0.0559. The maximum absolute atomic E-state index is 11.5. The smallest absolute Gasteiger partial charge is 0.303 e. The van der Waals surface area contributed by atoms with E-state index in [9.17, 15) is 9.59 Å². The van der Waals surface area contributed by atoms with E-state index in [4.69, 9.17) is 9.84 Å². The van der Waals surface area contributed by atoms with Crippen LogP contribution in [0.5, 0.6) is 5.75 Å². The lowest BCUT2D eigenvalue weighted by Gasteiger charge is -2.03. The molecule has 0 aliphatic rings. The molecule has 0 fully saturated rings. The average Bonchev–Trinajstić information content (AvgIpc) is 2.42. The van der Waals surface area contributed by atoms with Gasteiger partial charge in [0.15, 0.2) is 0 Å². The van der Waals surface area contributed by atoms with Gasteiger partial charge in [-0.3, -0.25) is 9.59 Å². The van der Waals surface area contributed by atoms with Gasteiger partial charge >= 0.3 is 5.97 Å². The van der Waals surface area contributed by atoms with E-state index >= 15 is 0 Å². The molecular formula is C15H19NO4. The van der Waals surface area contributed by atoms with Crippen LogP contribution in [-0.2, 0) is 9.59 Å². The van der Waals surface area contributed by atoms with E-state index in [1.165, 1.54) is 6.08 Å². The summed E-state index contributed by atoms with van der Waals surface area (Å²) < 4.78 is 5.37. The summed E-state index contributed by atoms with van der Waals surface area (Å²) >= 11 is 0. The monoisotopic (exact) mass is 277 g/mol. The van der Waals surface area contributed by atoms with Crippen LogP contribution in [0.2, 0.25) is 0 Å². The Labute approximate surface area is 118 Å². The Balaban J connectivity index is 2.40. The molecule has 1 aromatic rings. The van der Waals surface area contributed by atoms with Gasteiger partial charge in [0, 0.05) is 19.0 Å². The van der Waals surface area contributed by atoms with E-state index in [1.807, 2.05) is 31.2 Å². The quantitative estimate of drug-likeness (QED) is 0.563. The SMILES string of the molecule is CCOc1cccc(/C=C/C(=O)NCCCC(=O)O)c1. The predicted octanol–water partition coefficient (Wildman–Crippen LogP) is 2.08. The second kappa shape index (κ2) is 8.74. The van der Waals surface area contributed by atoms with Gasteiger partial charge in [-0.05, 0) is 37.1 Å². The van der Waals surface area contributed by atoms with Gasteiger partial charge in [-0.15, -0.1) is 0 Å². The number of hydrogen-bond acceptors (Lipinski definition) is 3. The van der Waals surface area contributed by atoms with Crippen molar-refractivity contribution in [3.8, 4) is 5.75 Å². The Hall–Kier alpha value is -2.30. The average molecular weight is 277 g/mol. The van der Waals surface area contributed by atoms with Crippen molar-refractivity contribution in [1.29, 1.82) is 0 Å². The van der Waals surface area contributed by atoms with Crippen LogP contribution in [0.15, 0.2) is 30.3 Å². The van der Waals surface area contributed by atoms with E-state index < -0.39 is 5.97 Å². The molecule has 0 aromatic heterocycles. The number of ether oxygens (including phenoxy) is 1. The molecule has 0 radical (unpaired) electrons. The van der Waals surface area contributed by atoms with Crippen molar-refractivity contribution in [2.45, 2.75) is 19.8 Å². The summed E-state index contributed by atoms with van der Waals surface area (Å²) in [5.74, 6) is -0.337. The molecule has 5 nitrogen and oxygen atoms in total. The van der Waals surface area contributed by atoms with Crippen LogP contribution < -0.4 is 10.1 Å². The van der Waals surface area contributed by atoms with Crippen LogP contribution in [0.25, 0.3) is 6.08 Å². The predicted molar refractivity (Wildman–Crippen MR) is 76.5 cm³/mol. The van der Waals surface area contributed by atoms with E-state index in [0.29, 0.717) is 19.6 Å². The van der Waals surface area contributed by atoms with Gasteiger partial charge in [0.2, 0.25) is 5.91 Å². The summed E-state index contributed by atoms with van der Waals surface area (Å²) in [7, 11) is 0. The molecule has 0 aliphatic heterocycles. The number of carbonyl (C=O) groups is 2. The maximum Gasteiger partial charge on any atom is 0.303 e. The number of carboxylic acid groups (broad SMARTS) is 1. The molecule has 2 N–H and O–H groups in total. The Kier molecular flexibility index (Phi) is 6.89. The number of amides is 1. The minimum Gasteiger partial charge on any atom is -0.494 e. The second-order valence-electron chi connectivity index (χ2n) is 4.13. The highest BCUT2D eigenvalue weighted by molar-refractivity contribution is 5.91. The van der Waals surface area contributed by atoms with Crippen molar-refractivity contribution in [2.75, 3.05) is 13.2 Å². The Morgan fingerprint density at radius 1 is 1.40 bits per heavy atom. The van der Waals surface area contributed by atoms with Gasteiger partial charge in [-0.1, -0.05) is 12.1 Å². The standard InChI is InChI=1S/C15H19NO4/c1-2-20-13-6-3-5-12(11-13)8-9-14(17)16-10-4-7-15(18)19/h3,5-6,8-9,11H,2,4,7,10H2,1H3,(H,16,17)(H,18,19)/b9-8+. The fourth-order valence-electron chi connectivity index (χ4n) is 1.56. The molecule has 0 saturated carbocycles. The fraction of sp³-hybridized carbons (Fsp3) is 0.333. The molecule has 0 heterocycles. The van der Waals surface area contributed by atoms with E-state index in [2.05, 4.69) is 5.32 Å². The first-order valence-corrected chi connectivity index (χ1v) is 6.52. The van der Waals surface area contributed by atoms with E-state index in [-0.39, 0.29) is 12.3 Å². The van der Waals surface area contributed by atoms with Gasteiger partial charge in [0.25, 0.3) is 0 Å². The van der Waals surface area contributed by atoms with Crippen molar-refractivity contribution in [3.05, 3.63) is 35.9 Å². The number of carboxylic acids is 1. The van der Waals surface area contributed by atoms with Crippen LogP contribution in [0.3, 0.4) is 0 Å². The van der Waals surface area contributed by atoms with Crippen LogP contribution in [0.1, 0.15) is 25.3 Å². The number of nitrogens with one attached hydrogen (secondary N) is 1. The Bertz CT molecular complexity index is 483. The maximum atomic E-state index is 11.5. The lowest BCUT2D eigenvalue weighted by Crippen LogP contribution is -2.22. The van der Waals surface area contributed by atoms with Crippen LogP contribution >= 0.6 is 0 Å². The highest BCUT2D eigenvalue weighted by Gasteiger charge is 1.99. The van der Waals surface area contributed by atoms with Crippen molar-refractivity contribution >= 4 is 18.0 Å². The van der Waals surface area contributed by atoms with Gasteiger partial charge in [0.1, 0.15) is 5.75 Å². The fourth-order valence-corrected chi connectivity index (χ4v) is 1.56. The third-order valence-corrected chi connectivity index (χ3v) is 2.46. The lowest BCUT2D eigenvalue weighted by atomic mass is 10.2. The zero-order valence-corrected chi connectivity index (χ0v) is 11.5. The van der Waals surface area contributed by atoms with Crippen molar-refractivity contribution in [3.63, 3.8) is 0 Å². The highest BCUT2D eigenvalue weighted by atomic mass is 16.5. The summed E-state index contributed by atoms with van der Waals surface area (Å²) in [6, 6.07) is 7.43. The normalized spacial score (nSPS) is 10.4. The third-order valence-electron chi connectivity index (χ3n) is 2.46. The van der Waals surface area contributed by atoms with Gasteiger partial charge in [-0.2, -0.15) is 0 Å². The molecule has 0 aliphatic carbocycles. The summed E-state index contributed by atoms with van der Waals surface area (Å²) in [6.45, 7) is 2.86. The number of carbonyl (C=O) groups excluding carboxylic acids is 1. The molecule has 0 atom stereocenters. The number of hydrogen-bond donors (Lipinski definition) is 2. The number of benzene rings is 1. The first-order chi connectivity index (χ1) is 9.61. The molecule has 5 heteroatoms. The second-order valence-corrected chi connectivity index (χ2v) is 4.13. The third kappa shape index (κ3) is 6.58. The van der Waals surface area contributed by atoms with Crippen molar-refractivity contribution in [2.24, 2.45) is 0 Å². The van der Waals surface area contributed by atoms with E-state index in [0.717, 1.165) is 11.3 Å². The Morgan fingerprint density at radius 2 is 2.20 bits per heavy atom. The zero-order valence-electron chi connectivity index (χ0n) is 11.5. The first kappa shape index (κ1) is 15.8. The topological polar surface area (TPSA) is 75.6 Å². The minimum atomic E-state index is -0.859. The van der Waals surface area contributed by atoms with Gasteiger partial charge in [-0.25, -0.2) is 0 Å². The summed E-state index contributed by atoms with van der Waals surface area (Å²) in [4.78, 5) is 21.8. The van der Waals surface area contributed by atoms with Crippen LogP contribution in [0.4, 0.5) is 0 Å². The zero-order chi connectivity index (χ0) is 14.8. The summed E-state index contributed by atoms with van der Waals surface area (Å²) in [5.41, 5.74) is 0.872. The van der Waals surface area contributed by atoms with Crippen molar-refractivity contribution < 1.29 is 19.4 Å². The molecule has 0 bridgehead atoms. The molecule has 20 heavy (non-hydrogen) atoms. The lowest BCUT2D eigenvalue weighted by molar-refractivity contribution is -0.137. The molecule has 0 saturated heterocycles. The summed E-state index contributed by atoms with van der Waals surface area (Å²) in [6.07, 6.45) is 3.59. The number of aliphatic carboxylic acids is 1. The van der Waals surface area contributed by atoms with Crippen LogP contribution in [-0.4, -0.2) is 30.1 Å². The molecule has 1 amide bonds. The van der Waals surface area contributed by atoms with Crippen LogP contribution in [0, 0.1) is 0 Å². The molecule has 108 valence electrons. The molecule has 0 spiro atoms. The van der Waals surface area contributed by atoms with Crippen molar-refractivity contribution in [1.82, 2.24) is 5.32 Å². The largest absolute Gasteiger partial charge is 0.494 e. The van der Waals surface area contributed by atoms with Gasteiger partial charge < -0.3 is 15.2 Å². The molecular weight excluding hydrogens is 258 g/mol. The van der Waals surface area contributed by atoms with Gasteiger partial charge in [0.05, 0.1) is 6.61 Å². The first-order valence-electron chi connectivity index (χ1n) is 6.52. The molecule has 0 unspecified atom stereocenters.